The molecule has 2 atom stereocenters. The van der Waals surface area contributed by atoms with Gasteiger partial charge < -0.3 is 15.2 Å². The molecule has 0 bridgehead atoms. The van der Waals surface area contributed by atoms with Crippen molar-refractivity contribution in [3.8, 4) is 11.1 Å². The van der Waals surface area contributed by atoms with E-state index in [0.717, 1.165) is 13.1 Å². The molecule has 0 spiro atoms. The molecule has 1 heterocycles. The second kappa shape index (κ2) is 7.91. The van der Waals surface area contributed by atoms with Gasteiger partial charge in [-0.05, 0) is 35.4 Å². The van der Waals surface area contributed by atoms with Gasteiger partial charge in [-0.15, -0.1) is 0 Å². The van der Waals surface area contributed by atoms with Gasteiger partial charge in [0, 0.05) is 18.5 Å². The molecule has 138 valence electrons. The fourth-order valence-electron chi connectivity index (χ4n) is 5.07. The average molecular weight is 351 g/mol. The van der Waals surface area contributed by atoms with Crippen LogP contribution in [0.4, 0.5) is 0 Å². The van der Waals surface area contributed by atoms with E-state index in [1.807, 2.05) is 0 Å². The van der Waals surface area contributed by atoms with Crippen LogP contribution < -0.4 is 5.32 Å². The van der Waals surface area contributed by atoms with Crippen molar-refractivity contribution in [2.75, 3.05) is 26.3 Å². The SMILES string of the molecule is OCC(c1ccccc1-c1ccccc1)(C1CCCC1)C1CNCCO1. The number of aliphatic hydroxyl groups excluding tert-OH is 1. The number of hydrogen-bond acceptors (Lipinski definition) is 3. The summed E-state index contributed by atoms with van der Waals surface area (Å²) in [4.78, 5) is 0. The Hall–Kier alpha value is -1.68. The molecule has 0 aromatic heterocycles. The molecular weight excluding hydrogens is 322 g/mol. The highest BCUT2D eigenvalue weighted by molar-refractivity contribution is 5.69. The van der Waals surface area contributed by atoms with Gasteiger partial charge in [-0.2, -0.15) is 0 Å². The van der Waals surface area contributed by atoms with Crippen LogP contribution >= 0.6 is 0 Å². The first-order chi connectivity index (χ1) is 12.9. The lowest BCUT2D eigenvalue weighted by Crippen LogP contribution is -2.56. The molecule has 2 fully saturated rings. The third kappa shape index (κ3) is 3.09. The third-order valence-electron chi connectivity index (χ3n) is 6.36. The first kappa shape index (κ1) is 17.7. The number of nitrogens with one attached hydrogen (secondary N) is 1. The molecule has 2 N–H and O–H groups in total. The maximum atomic E-state index is 10.8. The van der Waals surface area contributed by atoms with Crippen LogP contribution in [0.5, 0.6) is 0 Å². The molecule has 2 unspecified atom stereocenters. The van der Waals surface area contributed by atoms with E-state index in [-0.39, 0.29) is 18.1 Å². The zero-order chi connectivity index (χ0) is 17.8. The monoisotopic (exact) mass is 351 g/mol. The lowest BCUT2D eigenvalue weighted by molar-refractivity contribution is -0.0645. The first-order valence-corrected chi connectivity index (χ1v) is 9.94. The van der Waals surface area contributed by atoms with Crippen LogP contribution in [0, 0.1) is 5.92 Å². The van der Waals surface area contributed by atoms with Gasteiger partial charge in [-0.1, -0.05) is 67.4 Å². The minimum atomic E-state index is -0.351. The zero-order valence-corrected chi connectivity index (χ0v) is 15.4. The van der Waals surface area contributed by atoms with Crippen LogP contribution in [0.25, 0.3) is 11.1 Å². The molecular formula is C23H29NO2. The van der Waals surface area contributed by atoms with Crippen molar-refractivity contribution in [1.82, 2.24) is 5.32 Å². The number of hydrogen-bond donors (Lipinski definition) is 2. The quantitative estimate of drug-likeness (QED) is 0.862. The van der Waals surface area contributed by atoms with Crippen LogP contribution in [-0.4, -0.2) is 37.5 Å². The molecule has 0 radical (unpaired) electrons. The Morgan fingerprint density at radius 2 is 1.73 bits per heavy atom. The maximum Gasteiger partial charge on any atom is 0.0821 e. The molecule has 1 aliphatic carbocycles. The second-order valence-electron chi connectivity index (χ2n) is 7.66. The molecule has 2 aromatic rings. The summed E-state index contributed by atoms with van der Waals surface area (Å²) in [6, 6.07) is 19.2. The highest BCUT2D eigenvalue weighted by Crippen LogP contribution is 2.48. The molecule has 0 amide bonds. The number of benzene rings is 2. The Morgan fingerprint density at radius 1 is 1.00 bits per heavy atom. The van der Waals surface area contributed by atoms with Crippen molar-refractivity contribution in [2.24, 2.45) is 5.92 Å². The van der Waals surface area contributed by atoms with Gasteiger partial charge in [-0.3, -0.25) is 0 Å². The van der Waals surface area contributed by atoms with E-state index in [2.05, 4.69) is 59.9 Å². The van der Waals surface area contributed by atoms with Gasteiger partial charge >= 0.3 is 0 Å². The summed E-state index contributed by atoms with van der Waals surface area (Å²) in [6.07, 6.45) is 4.85. The van der Waals surface area contributed by atoms with Gasteiger partial charge in [0.1, 0.15) is 0 Å². The van der Waals surface area contributed by atoms with Crippen LogP contribution in [0.15, 0.2) is 54.6 Å². The standard InChI is InChI=1S/C23H29NO2/c25-17-23(19-10-4-5-11-19,22-16-24-14-15-26-22)21-13-7-6-12-20(21)18-8-2-1-3-9-18/h1-3,6-9,12-13,19,22,24-25H,4-5,10-11,14-17H2. The number of rotatable bonds is 5. The van der Waals surface area contributed by atoms with E-state index in [0.29, 0.717) is 12.5 Å². The molecule has 1 saturated carbocycles. The fraction of sp³-hybridized carbons (Fsp3) is 0.478. The maximum absolute atomic E-state index is 10.8. The summed E-state index contributed by atoms with van der Waals surface area (Å²) < 4.78 is 6.27. The van der Waals surface area contributed by atoms with Crippen LogP contribution in [-0.2, 0) is 10.2 Å². The van der Waals surface area contributed by atoms with E-state index in [1.54, 1.807) is 0 Å². The van der Waals surface area contributed by atoms with Crippen molar-refractivity contribution >= 4 is 0 Å². The minimum absolute atomic E-state index is 0.00853. The summed E-state index contributed by atoms with van der Waals surface area (Å²) in [5, 5.41) is 14.3. The molecule has 3 heteroatoms. The molecule has 26 heavy (non-hydrogen) atoms. The van der Waals surface area contributed by atoms with Gasteiger partial charge in [-0.25, -0.2) is 0 Å². The number of aliphatic hydroxyl groups is 1. The van der Waals surface area contributed by atoms with Gasteiger partial charge in [0.2, 0.25) is 0 Å². The van der Waals surface area contributed by atoms with Crippen LogP contribution in [0.3, 0.4) is 0 Å². The number of morpholine rings is 1. The summed E-state index contributed by atoms with van der Waals surface area (Å²) in [7, 11) is 0. The van der Waals surface area contributed by atoms with Gasteiger partial charge in [0.05, 0.1) is 19.3 Å². The highest BCUT2D eigenvalue weighted by atomic mass is 16.5. The second-order valence-corrected chi connectivity index (χ2v) is 7.66. The fourth-order valence-corrected chi connectivity index (χ4v) is 5.07. The molecule has 1 saturated heterocycles. The Balaban J connectivity index is 1.86. The predicted molar refractivity (Wildman–Crippen MR) is 105 cm³/mol. The normalized spacial score (nSPS) is 23.7. The lowest BCUT2D eigenvalue weighted by atomic mass is 9.64. The lowest BCUT2D eigenvalue weighted by Gasteiger charge is -2.46. The third-order valence-corrected chi connectivity index (χ3v) is 6.36. The largest absolute Gasteiger partial charge is 0.395 e. The Kier molecular flexibility index (Phi) is 5.39. The molecule has 2 aromatic carbocycles. The minimum Gasteiger partial charge on any atom is -0.395 e. The van der Waals surface area contributed by atoms with E-state index >= 15 is 0 Å². The molecule has 3 nitrogen and oxygen atoms in total. The van der Waals surface area contributed by atoms with E-state index in [9.17, 15) is 5.11 Å². The first-order valence-electron chi connectivity index (χ1n) is 9.94. The number of ether oxygens (including phenoxy) is 1. The van der Waals surface area contributed by atoms with Crippen molar-refractivity contribution in [1.29, 1.82) is 0 Å². The highest BCUT2D eigenvalue weighted by Gasteiger charge is 2.49. The molecule has 4 rings (SSSR count). The van der Waals surface area contributed by atoms with Crippen LogP contribution in [0.1, 0.15) is 31.2 Å². The van der Waals surface area contributed by atoms with Crippen molar-refractivity contribution in [3.63, 3.8) is 0 Å². The Morgan fingerprint density at radius 3 is 2.42 bits per heavy atom. The summed E-state index contributed by atoms with van der Waals surface area (Å²) in [6.45, 7) is 2.55. The summed E-state index contributed by atoms with van der Waals surface area (Å²) in [5.41, 5.74) is 3.33. The zero-order valence-electron chi connectivity index (χ0n) is 15.4. The van der Waals surface area contributed by atoms with E-state index in [4.69, 9.17) is 4.74 Å². The van der Waals surface area contributed by atoms with Crippen molar-refractivity contribution in [2.45, 2.75) is 37.2 Å². The van der Waals surface area contributed by atoms with E-state index in [1.165, 1.54) is 42.4 Å². The topological polar surface area (TPSA) is 41.5 Å². The average Bonchev–Trinajstić information content (AvgIpc) is 3.26. The van der Waals surface area contributed by atoms with Gasteiger partial charge in [0.25, 0.3) is 0 Å². The van der Waals surface area contributed by atoms with Crippen molar-refractivity contribution < 1.29 is 9.84 Å². The van der Waals surface area contributed by atoms with Gasteiger partial charge in [0.15, 0.2) is 0 Å². The summed E-state index contributed by atoms with van der Waals surface area (Å²) >= 11 is 0. The van der Waals surface area contributed by atoms with Crippen LogP contribution in [0.2, 0.25) is 0 Å². The Bertz CT molecular complexity index is 705. The smallest absolute Gasteiger partial charge is 0.0821 e. The molecule has 2 aliphatic rings. The predicted octanol–water partition coefficient (Wildman–Crippen LogP) is 3.76. The van der Waals surface area contributed by atoms with E-state index < -0.39 is 0 Å². The Labute approximate surface area is 156 Å². The van der Waals surface area contributed by atoms with Crippen molar-refractivity contribution in [3.05, 3.63) is 60.2 Å². The summed E-state index contributed by atoms with van der Waals surface area (Å²) in [5.74, 6) is 0.460. The molecule has 1 aliphatic heterocycles.